The molecular weight excluding hydrogens is 326 g/mol. The molecule has 2 heterocycles. The lowest BCUT2D eigenvalue weighted by Crippen LogP contribution is -2.39. The molecule has 1 amide bonds. The van der Waals surface area contributed by atoms with Crippen molar-refractivity contribution in [1.29, 1.82) is 0 Å². The van der Waals surface area contributed by atoms with Crippen molar-refractivity contribution in [3.8, 4) is 5.75 Å². The summed E-state index contributed by atoms with van der Waals surface area (Å²) in [5.41, 5.74) is 4.29. The average Bonchev–Trinajstić information content (AvgIpc) is 3.15. The van der Waals surface area contributed by atoms with Gasteiger partial charge in [-0.2, -0.15) is 5.10 Å². The van der Waals surface area contributed by atoms with E-state index in [0.29, 0.717) is 18.2 Å². The average molecular weight is 353 g/mol. The predicted octanol–water partition coefficient (Wildman–Crippen LogP) is 3.42. The number of aryl methyl sites for hydroxylation is 1. The number of hydrogen-bond donors (Lipinski definition) is 1. The minimum Gasteiger partial charge on any atom is -0.492 e. The van der Waals surface area contributed by atoms with Gasteiger partial charge in [-0.25, -0.2) is 0 Å². The maximum atomic E-state index is 12.9. The fourth-order valence-corrected chi connectivity index (χ4v) is 4.09. The van der Waals surface area contributed by atoms with E-state index >= 15 is 0 Å². The first kappa shape index (κ1) is 17.1. The maximum Gasteiger partial charge on any atom is 0.255 e. The molecule has 5 heteroatoms. The van der Waals surface area contributed by atoms with Crippen LogP contribution in [-0.2, 0) is 18.3 Å². The third-order valence-electron chi connectivity index (χ3n) is 5.58. The molecule has 1 aliphatic heterocycles. The number of nitrogens with zero attached hydrogens (tertiary/aromatic N) is 2. The van der Waals surface area contributed by atoms with Crippen molar-refractivity contribution in [3.05, 3.63) is 46.8 Å². The summed E-state index contributed by atoms with van der Waals surface area (Å²) >= 11 is 0. The van der Waals surface area contributed by atoms with Crippen molar-refractivity contribution in [2.45, 2.75) is 64.5 Å². The molecule has 0 saturated carbocycles. The lowest BCUT2D eigenvalue weighted by molar-refractivity contribution is 0.0929. The molecule has 1 aromatic carbocycles. The number of carbonyl (C=O) groups excluding carboxylic acids is 1. The van der Waals surface area contributed by atoms with E-state index in [1.54, 1.807) is 0 Å². The molecule has 2 aromatic rings. The summed E-state index contributed by atoms with van der Waals surface area (Å²) in [6.45, 7) is 9.20. The maximum absolute atomic E-state index is 12.9. The highest BCUT2D eigenvalue weighted by molar-refractivity contribution is 5.98. The van der Waals surface area contributed by atoms with E-state index in [1.807, 2.05) is 18.3 Å². The molecule has 0 spiro atoms. The van der Waals surface area contributed by atoms with Gasteiger partial charge in [0.1, 0.15) is 5.75 Å². The summed E-state index contributed by atoms with van der Waals surface area (Å²) in [5, 5.41) is 7.75. The quantitative estimate of drug-likeness (QED) is 0.920. The van der Waals surface area contributed by atoms with Crippen LogP contribution in [0.5, 0.6) is 5.75 Å². The first-order valence-electron chi connectivity index (χ1n) is 9.49. The first-order valence-corrected chi connectivity index (χ1v) is 9.49. The van der Waals surface area contributed by atoms with Crippen molar-refractivity contribution >= 4 is 5.91 Å². The van der Waals surface area contributed by atoms with Gasteiger partial charge in [0.05, 0.1) is 18.4 Å². The van der Waals surface area contributed by atoms with Crippen LogP contribution in [-0.4, -0.2) is 28.3 Å². The highest BCUT2D eigenvalue weighted by Crippen LogP contribution is 2.40. The lowest BCUT2D eigenvalue weighted by Gasteiger charge is -2.25. The Kier molecular flexibility index (Phi) is 4.05. The molecule has 1 atom stereocenters. The van der Waals surface area contributed by atoms with Crippen LogP contribution >= 0.6 is 0 Å². The van der Waals surface area contributed by atoms with Crippen molar-refractivity contribution < 1.29 is 9.53 Å². The number of benzene rings is 1. The van der Waals surface area contributed by atoms with E-state index in [1.165, 1.54) is 11.3 Å². The normalized spacial score (nSPS) is 20.4. The number of ether oxygens (including phenoxy) is 1. The summed E-state index contributed by atoms with van der Waals surface area (Å²) in [6.07, 6.45) is 4.72. The van der Waals surface area contributed by atoms with Crippen molar-refractivity contribution in [1.82, 2.24) is 15.1 Å². The molecule has 0 saturated heterocycles. The van der Waals surface area contributed by atoms with Crippen molar-refractivity contribution in [3.63, 3.8) is 0 Å². The van der Waals surface area contributed by atoms with Gasteiger partial charge in [-0.3, -0.25) is 9.48 Å². The summed E-state index contributed by atoms with van der Waals surface area (Å²) in [4.78, 5) is 12.9. The van der Waals surface area contributed by atoms with Gasteiger partial charge in [-0.1, -0.05) is 26.0 Å². The summed E-state index contributed by atoms with van der Waals surface area (Å²) in [5.74, 6) is 0.710. The Hall–Kier alpha value is -2.30. The third kappa shape index (κ3) is 2.79. The molecule has 26 heavy (non-hydrogen) atoms. The second kappa shape index (κ2) is 6.15. The van der Waals surface area contributed by atoms with Crippen molar-refractivity contribution in [2.75, 3.05) is 6.61 Å². The van der Waals surface area contributed by atoms with Gasteiger partial charge in [0.2, 0.25) is 0 Å². The molecule has 2 aliphatic rings. The molecule has 1 N–H and O–H groups in total. The van der Waals surface area contributed by atoms with Crippen LogP contribution in [0.4, 0.5) is 0 Å². The summed E-state index contributed by atoms with van der Waals surface area (Å²) < 4.78 is 7.96. The monoisotopic (exact) mass is 353 g/mol. The molecule has 4 rings (SSSR count). The molecule has 138 valence electrons. The third-order valence-corrected chi connectivity index (χ3v) is 5.58. The standard InChI is InChI=1S/C21H27N3O2/c1-13(2)24-18-10-15(9-8-14(18)11-22-24)23-20(25)16-6-5-7-17-19(16)26-12-21(17,3)4/h5-7,11,13,15H,8-10,12H2,1-4H3,(H,23,25). The van der Waals surface area contributed by atoms with Gasteiger partial charge < -0.3 is 10.1 Å². The number of carbonyl (C=O) groups is 1. The Balaban J connectivity index is 1.54. The topological polar surface area (TPSA) is 56.2 Å². The highest BCUT2D eigenvalue weighted by atomic mass is 16.5. The van der Waals surface area contributed by atoms with E-state index in [-0.39, 0.29) is 17.4 Å². The minimum absolute atomic E-state index is 0.0383. The van der Waals surface area contributed by atoms with Crippen LogP contribution in [0.25, 0.3) is 0 Å². The molecule has 1 aliphatic carbocycles. The zero-order valence-corrected chi connectivity index (χ0v) is 16.0. The van der Waals surface area contributed by atoms with Crippen LogP contribution in [0.15, 0.2) is 24.4 Å². The largest absolute Gasteiger partial charge is 0.492 e. The summed E-state index contributed by atoms with van der Waals surface area (Å²) in [6, 6.07) is 6.35. The minimum atomic E-state index is -0.0465. The number of nitrogens with one attached hydrogen (secondary N) is 1. The Labute approximate surface area is 154 Å². The van der Waals surface area contributed by atoms with Crippen LogP contribution < -0.4 is 10.1 Å². The van der Waals surface area contributed by atoms with Gasteiger partial charge in [0.25, 0.3) is 5.91 Å². The number of amides is 1. The fraction of sp³-hybridized carbons (Fsp3) is 0.524. The summed E-state index contributed by atoms with van der Waals surface area (Å²) in [7, 11) is 0. The molecule has 0 fully saturated rings. The number of hydrogen-bond acceptors (Lipinski definition) is 3. The second-order valence-electron chi connectivity index (χ2n) is 8.42. The van der Waals surface area contributed by atoms with Gasteiger partial charge in [0.15, 0.2) is 0 Å². The Morgan fingerprint density at radius 3 is 2.96 bits per heavy atom. The molecule has 0 bridgehead atoms. The number of aromatic nitrogens is 2. The molecule has 1 aromatic heterocycles. The number of rotatable bonds is 3. The Morgan fingerprint density at radius 2 is 2.19 bits per heavy atom. The first-order chi connectivity index (χ1) is 12.4. The second-order valence-corrected chi connectivity index (χ2v) is 8.42. The van der Waals surface area contributed by atoms with E-state index < -0.39 is 0 Å². The molecular formula is C21H27N3O2. The van der Waals surface area contributed by atoms with E-state index in [4.69, 9.17) is 4.74 Å². The molecule has 1 unspecified atom stereocenters. The smallest absolute Gasteiger partial charge is 0.255 e. The molecule has 5 nitrogen and oxygen atoms in total. The highest BCUT2D eigenvalue weighted by Gasteiger charge is 2.35. The van der Waals surface area contributed by atoms with Gasteiger partial charge in [-0.15, -0.1) is 0 Å². The zero-order chi connectivity index (χ0) is 18.5. The molecule has 0 radical (unpaired) electrons. The van der Waals surface area contributed by atoms with Crippen LogP contribution in [0.3, 0.4) is 0 Å². The number of para-hydroxylation sites is 1. The van der Waals surface area contributed by atoms with E-state index in [2.05, 4.69) is 48.9 Å². The Bertz CT molecular complexity index is 851. The van der Waals surface area contributed by atoms with Crippen LogP contribution in [0.1, 0.15) is 67.3 Å². The predicted molar refractivity (Wildman–Crippen MR) is 101 cm³/mol. The van der Waals surface area contributed by atoms with Gasteiger partial charge in [-0.05, 0) is 38.3 Å². The Morgan fingerprint density at radius 1 is 1.38 bits per heavy atom. The van der Waals surface area contributed by atoms with E-state index in [0.717, 1.165) is 30.6 Å². The van der Waals surface area contributed by atoms with Crippen LogP contribution in [0, 0.1) is 0 Å². The fourth-order valence-electron chi connectivity index (χ4n) is 4.09. The van der Waals surface area contributed by atoms with Gasteiger partial charge in [0, 0.05) is 35.2 Å². The van der Waals surface area contributed by atoms with Gasteiger partial charge >= 0.3 is 0 Å². The van der Waals surface area contributed by atoms with Crippen LogP contribution in [0.2, 0.25) is 0 Å². The lowest BCUT2D eigenvalue weighted by atomic mass is 9.86. The van der Waals surface area contributed by atoms with E-state index in [9.17, 15) is 4.79 Å². The number of fused-ring (bicyclic) bond motifs is 2. The zero-order valence-electron chi connectivity index (χ0n) is 16.0. The van der Waals surface area contributed by atoms with Crippen molar-refractivity contribution in [2.24, 2.45) is 0 Å². The SMILES string of the molecule is CC(C)n1ncc2c1CC(NC(=O)c1cccc3c1OCC3(C)C)CC2.